The number of hydrogen-bond acceptors (Lipinski definition) is 3. The molecule has 1 heterocycles. The Balaban J connectivity index is 1.75. The van der Waals surface area contributed by atoms with Crippen LogP contribution in [0.3, 0.4) is 0 Å². The molecule has 5 nitrogen and oxygen atoms in total. The second-order valence-electron chi connectivity index (χ2n) is 8.30. The second-order valence-corrected chi connectivity index (χ2v) is 11.1. The summed E-state index contributed by atoms with van der Waals surface area (Å²) in [5.41, 5.74) is 4.59. The zero-order valence-electron chi connectivity index (χ0n) is 18.2. The number of rotatable bonds is 5. The largest absolute Gasteiger partial charge is 0.349 e. The van der Waals surface area contributed by atoms with E-state index >= 15 is 0 Å². The van der Waals surface area contributed by atoms with E-state index in [0.717, 1.165) is 11.1 Å². The second kappa shape index (κ2) is 9.49. The van der Waals surface area contributed by atoms with Crippen LogP contribution in [0.1, 0.15) is 48.1 Å². The number of piperidine rings is 1. The van der Waals surface area contributed by atoms with E-state index in [1.807, 2.05) is 13.8 Å². The van der Waals surface area contributed by atoms with Crippen molar-refractivity contribution in [3.63, 3.8) is 0 Å². The molecule has 8 heteroatoms. The van der Waals surface area contributed by atoms with Gasteiger partial charge in [0.25, 0.3) is 0 Å². The van der Waals surface area contributed by atoms with Gasteiger partial charge in [-0.2, -0.15) is 4.31 Å². The Morgan fingerprint density at radius 2 is 1.77 bits per heavy atom. The third-order valence-corrected chi connectivity index (χ3v) is 8.56. The average Bonchev–Trinajstić information content (AvgIpc) is 2.72. The van der Waals surface area contributed by atoms with E-state index in [-0.39, 0.29) is 28.4 Å². The number of aryl methyl sites for hydroxylation is 3. The van der Waals surface area contributed by atoms with E-state index < -0.39 is 15.9 Å². The zero-order valence-corrected chi connectivity index (χ0v) is 20.5. The van der Waals surface area contributed by atoms with Crippen molar-refractivity contribution in [2.24, 2.45) is 5.92 Å². The highest BCUT2D eigenvalue weighted by Crippen LogP contribution is 2.31. The lowest BCUT2D eigenvalue weighted by molar-refractivity contribution is -0.126. The van der Waals surface area contributed by atoms with Crippen molar-refractivity contribution in [3.8, 4) is 0 Å². The molecule has 0 aliphatic carbocycles. The minimum atomic E-state index is -3.84. The van der Waals surface area contributed by atoms with Crippen LogP contribution in [0.4, 0.5) is 0 Å². The summed E-state index contributed by atoms with van der Waals surface area (Å²) < 4.78 is 27.6. The van der Waals surface area contributed by atoms with Gasteiger partial charge in [-0.15, -0.1) is 0 Å². The Kier molecular flexibility index (Phi) is 7.36. The molecule has 168 valence electrons. The van der Waals surface area contributed by atoms with Gasteiger partial charge in [-0.05, 0) is 81.0 Å². The maximum Gasteiger partial charge on any atom is 0.244 e. The topological polar surface area (TPSA) is 66.5 Å². The normalized spacial score (nSPS) is 18.6. The monoisotopic (exact) mass is 482 g/mol. The van der Waals surface area contributed by atoms with Crippen LogP contribution in [0, 0.1) is 26.7 Å². The quantitative estimate of drug-likeness (QED) is 0.636. The number of benzene rings is 2. The van der Waals surface area contributed by atoms with E-state index in [4.69, 9.17) is 23.2 Å². The molecule has 3 rings (SSSR count). The number of nitrogens with one attached hydrogen (secondary N) is 1. The van der Waals surface area contributed by atoms with Gasteiger partial charge in [0.05, 0.1) is 17.0 Å². The first-order chi connectivity index (χ1) is 14.5. The van der Waals surface area contributed by atoms with Crippen molar-refractivity contribution in [1.82, 2.24) is 9.62 Å². The van der Waals surface area contributed by atoms with Crippen LogP contribution >= 0.6 is 23.2 Å². The molecule has 2 aromatic rings. The molecule has 1 fully saturated rings. The molecule has 0 aromatic heterocycles. The van der Waals surface area contributed by atoms with Crippen molar-refractivity contribution < 1.29 is 13.2 Å². The average molecular weight is 483 g/mol. The summed E-state index contributed by atoms with van der Waals surface area (Å²) in [7, 11) is -3.84. The van der Waals surface area contributed by atoms with Gasteiger partial charge >= 0.3 is 0 Å². The molecule has 0 unspecified atom stereocenters. The molecule has 1 aliphatic rings. The highest BCUT2D eigenvalue weighted by Gasteiger charge is 2.35. The van der Waals surface area contributed by atoms with Crippen LogP contribution < -0.4 is 5.32 Å². The predicted molar refractivity (Wildman–Crippen MR) is 125 cm³/mol. The first kappa shape index (κ1) is 24.1. The molecule has 31 heavy (non-hydrogen) atoms. The van der Waals surface area contributed by atoms with E-state index in [1.54, 1.807) is 6.07 Å². The summed E-state index contributed by atoms with van der Waals surface area (Å²) in [5.74, 6) is -0.557. The number of halogens is 2. The van der Waals surface area contributed by atoms with Crippen LogP contribution in [0.2, 0.25) is 10.0 Å². The Morgan fingerprint density at radius 1 is 1.10 bits per heavy atom. The number of amides is 1. The van der Waals surface area contributed by atoms with Gasteiger partial charge in [-0.1, -0.05) is 35.3 Å². The molecule has 1 saturated heterocycles. The fraction of sp³-hybridized carbons (Fsp3) is 0.435. The molecule has 0 radical (unpaired) electrons. The summed E-state index contributed by atoms with van der Waals surface area (Å²) in [6, 6.07) is 8.43. The molecule has 2 aromatic carbocycles. The van der Waals surface area contributed by atoms with Crippen LogP contribution in [-0.2, 0) is 14.8 Å². The van der Waals surface area contributed by atoms with Crippen LogP contribution in [0.5, 0.6) is 0 Å². The Labute approximate surface area is 194 Å². The fourth-order valence-electron chi connectivity index (χ4n) is 4.05. The van der Waals surface area contributed by atoms with E-state index in [1.165, 1.54) is 27.6 Å². The number of carbonyl (C=O) groups is 1. The Hall–Kier alpha value is -1.60. The molecule has 2 atom stereocenters. The van der Waals surface area contributed by atoms with Crippen molar-refractivity contribution in [2.75, 3.05) is 13.1 Å². The summed E-state index contributed by atoms with van der Waals surface area (Å²) >= 11 is 12.1. The van der Waals surface area contributed by atoms with E-state index in [0.29, 0.717) is 24.4 Å². The minimum absolute atomic E-state index is 0.0261. The van der Waals surface area contributed by atoms with Gasteiger partial charge in [0.15, 0.2) is 0 Å². The molecule has 1 amide bonds. The summed E-state index contributed by atoms with van der Waals surface area (Å²) in [4.78, 5) is 13.0. The number of hydrogen-bond donors (Lipinski definition) is 1. The highest BCUT2D eigenvalue weighted by atomic mass is 35.5. The zero-order chi connectivity index (χ0) is 22.9. The fourth-order valence-corrected chi connectivity index (χ4v) is 6.31. The first-order valence-electron chi connectivity index (χ1n) is 10.3. The maximum absolute atomic E-state index is 13.1. The molecule has 0 saturated carbocycles. The van der Waals surface area contributed by atoms with Gasteiger partial charge in [-0.25, -0.2) is 8.42 Å². The van der Waals surface area contributed by atoms with Crippen molar-refractivity contribution in [2.45, 2.75) is 51.5 Å². The van der Waals surface area contributed by atoms with Crippen molar-refractivity contribution in [3.05, 3.63) is 62.6 Å². The SMILES string of the molecule is Cc1cc(C)c([C@H](C)NC(=O)[C@H]2CCCN(S(=O)(=O)c3cc(Cl)ccc3Cl)C2)cc1C. The van der Waals surface area contributed by atoms with Crippen LogP contribution in [0.25, 0.3) is 0 Å². The van der Waals surface area contributed by atoms with Crippen molar-refractivity contribution >= 4 is 39.1 Å². The van der Waals surface area contributed by atoms with Gasteiger partial charge in [0, 0.05) is 18.1 Å². The molecule has 0 bridgehead atoms. The standard InChI is InChI=1S/C23H28Cl2N2O3S/c1-14-10-16(3)20(11-15(14)2)17(4)26-23(28)18-6-5-9-27(13-18)31(29,30)22-12-19(24)7-8-21(22)25/h7-8,10-12,17-18H,5-6,9,13H2,1-4H3,(H,26,28)/t17-,18-/m0/s1. The van der Waals surface area contributed by atoms with Crippen LogP contribution in [0.15, 0.2) is 35.2 Å². The Morgan fingerprint density at radius 3 is 2.48 bits per heavy atom. The molecular formula is C23H28Cl2N2O3S. The third-order valence-electron chi connectivity index (χ3n) is 5.97. The lowest BCUT2D eigenvalue weighted by atomic mass is 9.95. The molecule has 1 N–H and O–H groups in total. The molecule has 0 spiro atoms. The number of nitrogens with zero attached hydrogens (tertiary/aromatic N) is 1. The summed E-state index contributed by atoms with van der Waals surface area (Å²) in [6.07, 6.45) is 1.24. The molecule has 1 aliphatic heterocycles. The number of carbonyl (C=O) groups excluding carboxylic acids is 1. The van der Waals surface area contributed by atoms with E-state index in [2.05, 4.69) is 31.3 Å². The van der Waals surface area contributed by atoms with E-state index in [9.17, 15) is 13.2 Å². The lowest BCUT2D eigenvalue weighted by Crippen LogP contribution is -2.45. The van der Waals surface area contributed by atoms with Gasteiger partial charge < -0.3 is 5.32 Å². The minimum Gasteiger partial charge on any atom is -0.349 e. The predicted octanol–water partition coefficient (Wildman–Crippen LogP) is 5.20. The van der Waals surface area contributed by atoms with Gasteiger partial charge in [-0.3, -0.25) is 4.79 Å². The third kappa shape index (κ3) is 5.25. The summed E-state index contributed by atoms with van der Waals surface area (Å²) in [5, 5.41) is 3.50. The van der Waals surface area contributed by atoms with Crippen molar-refractivity contribution in [1.29, 1.82) is 0 Å². The first-order valence-corrected chi connectivity index (χ1v) is 12.5. The van der Waals surface area contributed by atoms with Gasteiger partial charge in [0.1, 0.15) is 4.90 Å². The smallest absolute Gasteiger partial charge is 0.244 e. The Bertz CT molecular complexity index is 1100. The highest BCUT2D eigenvalue weighted by molar-refractivity contribution is 7.89. The molecular weight excluding hydrogens is 455 g/mol. The summed E-state index contributed by atoms with van der Waals surface area (Å²) in [6.45, 7) is 8.58. The van der Waals surface area contributed by atoms with Crippen LogP contribution in [-0.4, -0.2) is 31.7 Å². The van der Waals surface area contributed by atoms with Gasteiger partial charge in [0.2, 0.25) is 15.9 Å². The number of sulfonamides is 1. The maximum atomic E-state index is 13.1. The lowest BCUT2D eigenvalue weighted by Gasteiger charge is -2.32.